The van der Waals surface area contributed by atoms with Gasteiger partial charge < -0.3 is 10.4 Å². The number of benzene rings is 1. The van der Waals surface area contributed by atoms with E-state index in [4.69, 9.17) is 5.11 Å². The van der Waals surface area contributed by atoms with Crippen molar-refractivity contribution in [2.24, 2.45) is 5.92 Å². The molecule has 4 nitrogen and oxygen atoms in total. The third-order valence-corrected chi connectivity index (χ3v) is 3.23. The van der Waals surface area contributed by atoms with Crippen LogP contribution in [0.25, 0.3) is 0 Å². The summed E-state index contributed by atoms with van der Waals surface area (Å²) in [6.07, 6.45) is 0.152. The van der Waals surface area contributed by atoms with Gasteiger partial charge in [0.1, 0.15) is 6.04 Å². The minimum Gasteiger partial charge on any atom is -0.480 e. The number of hydrogen-bond donors (Lipinski definition) is 3. The van der Waals surface area contributed by atoms with Crippen molar-refractivity contribution in [3.8, 4) is 0 Å². The van der Waals surface area contributed by atoms with Gasteiger partial charge in [0.2, 0.25) is 5.91 Å². The van der Waals surface area contributed by atoms with Crippen molar-refractivity contribution in [2.45, 2.75) is 19.4 Å². The second-order valence-corrected chi connectivity index (χ2v) is 4.77. The Morgan fingerprint density at radius 3 is 2.50 bits per heavy atom. The average molecular weight is 303 g/mol. The van der Waals surface area contributed by atoms with Crippen molar-refractivity contribution >= 4 is 24.5 Å². The summed E-state index contributed by atoms with van der Waals surface area (Å²) in [4.78, 5) is 22.5. The Morgan fingerprint density at radius 2 is 2.00 bits per heavy atom. The summed E-state index contributed by atoms with van der Waals surface area (Å²) < 4.78 is 25.9. The highest BCUT2D eigenvalue weighted by molar-refractivity contribution is 7.80. The van der Waals surface area contributed by atoms with Gasteiger partial charge in [0, 0.05) is 5.75 Å². The highest BCUT2D eigenvalue weighted by Gasteiger charge is 2.22. The first-order valence-electron chi connectivity index (χ1n) is 5.93. The first-order chi connectivity index (χ1) is 9.35. The molecule has 0 saturated heterocycles. The topological polar surface area (TPSA) is 66.4 Å². The summed E-state index contributed by atoms with van der Waals surface area (Å²) in [5.41, 5.74) is 0.445. The van der Waals surface area contributed by atoms with Crippen molar-refractivity contribution in [3.05, 3.63) is 35.4 Å². The molecule has 1 rings (SSSR count). The Balaban J connectivity index is 2.73. The predicted molar refractivity (Wildman–Crippen MR) is 72.6 cm³/mol. The van der Waals surface area contributed by atoms with Crippen molar-refractivity contribution in [1.29, 1.82) is 0 Å². The number of rotatable bonds is 6. The Hall–Kier alpha value is -1.63. The van der Waals surface area contributed by atoms with Crippen LogP contribution in [0, 0.1) is 17.6 Å². The van der Waals surface area contributed by atoms with E-state index < -0.39 is 35.5 Å². The van der Waals surface area contributed by atoms with Gasteiger partial charge in [0.25, 0.3) is 0 Å². The van der Waals surface area contributed by atoms with Gasteiger partial charge in [-0.05, 0) is 31.0 Å². The molecule has 0 aliphatic rings. The minimum absolute atomic E-state index is 0.152. The zero-order valence-electron chi connectivity index (χ0n) is 10.8. The fraction of sp³-hybridized carbons (Fsp3) is 0.385. The number of aliphatic carboxylic acids is 1. The molecule has 2 atom stereocenters. The van der Waals surface area contributed by atoms with Crippen LogP contribution in [0.15, 0.2) is 18.2 Å². The molecular weight excluding hydrogens is 288 g/mol. The normalized spacial score (nSPS) is 13.6. The maximum Gasteiger partial charge on any atom is 0.325 e. The van der Waals surface area contributed by atoms with Crippen LogP contribution in [0.4, 0.5) is 8.78 Å². The van der Waals surface area contributed by atoms with Crippen LogP contribution in [0.1, 0.15) is 12.5 Å². The number of carbonyl (C=O) groups is 2. The van der Waals surface area contributed by atoms with Crippen LogP contribution in [0.3, 0.4) is 0 Å². The van der Waals surface area contributed by atoms with E-state index in [-0.39, 0.29) is 12.2 Å². The van der Waals surface area contributed by atoms with Crippen molar-refractivity contribution in [2.75, 3.05) is 5.75 Å². The lowest BCUT2D eigenvalue weighted by Gasteiger charge is -2.17. The second-order valence-electron chi connectivity index (χ2n) is 4.40. The van der Waals surface area contributed by atoms with E-state index in [2.05, 4.69) is 17.9 Å². The van der Waals surface area contributed by atoms with Crippen LogP contribution >= 0.6 is 12.6 Å². The number of hydrogen-bond acceptors (Lipinski definition) is 3. The van der Waals surface area contributed by atoms with Gasteiger partial charge in [-0.1, -0.05) is 6.07 Å². The first kappa shape index (κ1) is 16.4. The molecule has 20 heavy (non-hydrogen) atoms. The lowest BCUT2D eigenvalue weighted by molar-refractivity contribution is -0.141. The Bertz CT molecular complexity index is 510. The number of nitrogens with one attached hydrogen (secondary N) is 1. The average Bonchev–Trinajstić information content (AvgIpc) is 2.39. The van der Waals surface area contributed by atoms with E-state index in [0.717, 1.165) is 12.1 Å². The molecule has 1 aromatic carbocycles. The van der Waals surface area contributed by atoms with E-state index >= 15 is 0 Å². The number of carbonyl (C=O) groups excluding carboxylic acids is 1. The van der Waals surface area contributed by atoms with Crippen molar-refractivity contribution in [1.82, 2.24) is 5.32 Å². The van der Waals surface area contributed by atoms with E-state index in [1.807, 2.05) is 0 Å². The molecule has 0 fully saturated rings. The Labute approximate surface area is 120 Å². The molecule has 0 aromatic heterocycles. The smallest absolute Gasteiger partial charge is 0.325 e. The molecule has 7 heteroatoms. The predicted octanol–water partition coefficient (Wildman–Crippen LogP) is 1.64. The molecule has 0 heterocycles. The maximum atomic E-state index is 13.1. The summed E-state index contributed by atoms with van der Waals surface area (Å²) >= 11 is 4.03. The van der Waals surface area contributed by atoms with Crippen LogP contribution in [-0.2, 0) is 16.0 Å². The highest BCUT2D eigenvalue weighted by Crippen LogP contribution is 2.14. The summed E-state index contributed by atoms with van der Waals surface area (Å²) in [6.45, 7) is 1.34. The fourth-order valence-electron chi connectivity index (χ4n) is 1.58. The van der Waals surface area contributed by atoms with E-state index in [9.17, 15) is 18.4 Å². The highest BCUT2D eigenvalue weighted by atomic mass is 32.1. The van der Waals surface area contributed by atoms with Crippen molar-refractivity contribution in [3.63, 3.8) is 0 Å². The maximum absolute atomic E-state index is 13.1. The summed E-state index contributed by atoms with van der Waals surface area (Å²) in [5, 5.41) is 11.0. The molecule has 0 spiro atoms. The van der Waals surface area contributed by atoms with E-state index in [0.29, 0.717) is 5.56 Å². The summed E-state index contributed by atoms with van der Waals surface area (Å²) in [5.74, 6) is -4.04. The molecule has 1 amide bonds. The molecule has 0 bridgehead atoms. The van der Waals surface area contributed by atoms with Crippen molar-refractivity contribution < 1.29 is 23.5 Å². The third kappa shape index (κ3) is 4.48. The quantitative estimate of drug-likeness (QED) is 0.700. The van der Waals surface area contributed by atoms with Gasteiger partial charge in [0.05, 0.1) is 5.92 Å². The Morgan fingerprint density at radius 1 is 1.35 bits per heavy atom. The zero-order valence-corrected chi connectivity index (χ0v) is 11.7. The number of thiol groups is 1. The number of halogens is 2. The first-order valence-corrected chi connectivity index (χ1v) is 6.56. The van der Waals surface area contributed by atoms with Gasteiger partial charge >= 0.3 is 5.97 Å². The molecule has 0 radical (unpaired) electrons. The van der Waals surface area contributed by atoms with E-state index in [1.54, 1.807) is 0 Å². The monoisotopic (exact) mass is 303 g/mol. The summed E-state index contributed by atoms with van der Waals surface area (Å²) in [7, 11) is 0. The van der Waals surface area contributed by atoms with E-state index in [1.165, 1.54) is 13.0 Å². The SMILES string of the molecule is C[C@H](NC(=O)C(CS)Cc1ccc(F)c(F)c1)C(=O)O. The van der Waals surface area contributed by atoms with Gasteiger partial charge in [-0.2, -0.15) is 12.6 Å². The molecule has 2 N–H and O–H groups in total. The number of amides is 1. The lowest BCUT2D eigenvalue weighted by atomic mass is 9.99. The second kappa shape index (κ2) is 7.23. The van der Waals surface area contributed by atoms with Gasteiger partial charge in [-0.15, -0.1) is 0 Å². The molecule has 1 aromatic rings. The van der Waals surface area contributed by atoms with Gasteiger partial charge in [0.15, 0.2) is 11.6 Å². The van der Waals surface area contributed by atoms with Crippen LogP contribution in [0.2, 0.25) is 0 Å². The van der Waals surface area contributed by atoms with Gasteiger partial charge in [-0.3, -0.25) is 9.59 Å². The number of carboxylic acid groups (broad SMARTS) is 1. The van der Waals surface area contributed by atoms with Crippen LogP contribution < -0.4 is 5.32 Å². The molecule has 0 aliphatic heterocycles. The van der Waals surface area contributed by atoms with Crippen LogP contribution in [0.5, 0.6) is 0 Å². The molecule has 0 aliphatic carbocycles. The molecule has 0 saturated carbocycles. The molecule has 110 valence electrons. The minimum atomic E-state index is -1.15. The number of carboxylic acids is 1. The largest absolute Gasteiger partial charge is 0.480 e. The lowest BCUT2D eigenvalue weighted by Crippen LogP contribution is -2.42. The van der Waals surface area contributed by atoms with Gasteiger partial charge in [-0.25, -0.2) is 8.78 Å². The Kier molecular flexibility index (Phi) is 5.94. The van der Waals surface area contributed by atoms with Crippen LogP contribution in [-0.4, -0.2) is 28.8 Å². The zero-order chi connectivity index (χ0) is 15.3. The summed E-state index contributed by atoms with van der Waals surface area (Å²) in [6, 6.07) is 2.36. The molecular formula is C13H15F2NO3S. The fourth-order valence-corrected chi connectivity index (χ4v) is 1.88. The standard InChI is InChI=1S/C13H15F2NO3S/c1-7(13(18)19)16-12(17)9(6-20)4-8-2-3-10(14)11(15)5-8/h2-3,5,7,9,20H,4,6H2,1H3,(H,16,17)(H,18,19)/t7-,9?/m0/s1. The third-order valence-electron chi connectivity index (χ3n) is 2.79. The molecule has 1 unspecified atom stereocenters.